The Labute approximate surface area is 89.1 Å². The van der Waals surface area contributed by atoms with E-state index >= 15 is 0 Å². The number of allylic oxidation sites excluding steroid dienone is 1. The molecule has 0 aromatic heterocycles. The lowest BCUT2D eigenvalue weighted by molar-refractivity contribution is -0.145. The van der Waals surface area contributed by atoms with Gasteiger partial charge in [0.05, 0.1) is 7.11 Å². The second-order valence-corrected chi connectivity index (χ2v) is 3.02. The molecule has 5 heteroatoms. The summed E-state index contributed by atoms with van der Waals surface area (Å²) in [4.78, 5) is 22.1. The first-order valence-corrected chi connectivity index (χ1v) is 4.74. The number of aliphatic hydroxyl groups is 1. The molecule has 0 aromatic carbocycles. The highest BCUT2D eigenvalue weighted by Crippen LogP contribution is 2.03. The molecule has 0 saturated carbocycles. The van der Waals surface area contributed by atoms with Crippen molar-refractivity contribution in [2.24, 2.45) is 0 Å². The number of methoxy groups -OCH3 is 1. The maximum absolute atomic E-state index is 11.2. The van der Waals surface area contributed by atoms with Crippen molar-refractivity contribution in [3.63, 3.8) is 0 Å². The Hall–Kier alpha value is -1.36. The van der Waals surface area contributed by atoms with Gasteiger partial charge >= 0.3 is 5.97 Å². The van der Waals surface area contributed by atoms with Crippen LogP contribution in [-0.4, -0.2) is 36.7 Å². The number of rotatable bonds is 7. The van der Waals surface area contributed by atoms with E-state index in [-0.39, 0.29) is 0 Å². The van der Waals surface area contributed by atoms with E-state index in [4.69, 9.17) is 5.11 Å². The molecule has 0 saturated heterocycles. The van der Waals surface area contributed by atoms with Crippen LogP contribution in [0.15, 0.2) is 12.7 Å². The minimum absolute atomic E-state index is 0.477. The van der Waals surface area contributed by atoms with Crippen molar-refractivity contribution in [3.8, 4) is 0 Å². The Bertz CT molecular complexity index is 227. The van der Waals surface area contributed by atoms with Gasteiger partial charge in [-0.15, -0.1) is 6.58 Å². The standard InChI is InChI=1S/C10H17NO4/c1-3-4-5-6-8(10(14)15-2)11-9(13)7-12/h3,8,12H,1,4-7H2,2H3,(H,11,13)/t8-/m0/s1. The number of nitrogens with one attached hydrogen (secondary N) is 1. The summed E-state index contributed by atoms with van der Waals surface area (Å²) in [7, 11) is 1.26. The van der Waals surface area contributed by atoms with Gasteiger partial charge in [-0.2, -0.15) is 0 Å². The van der Waals surface area contributed by atoms with Gasteiger partial charge in [-0.25, -0.2) is 4.79 Å². The van der Waals surface area contributed by atoms with E-state index in [0.29, 0.717) is 6.42 Å². The molecule has 0 rings (SSSR count). The van der Waals surface area contributed by atoms with E-state index in [2.05, 4.69) is 16.6 Å². The third-order valence-electron chi connectivity index (χ3n) is 1.87. The summed E-state index contributed by atoms with van der Waals surface area (Å²) in [5, 5.41) is 10.9. The molecule has 0 bridgehead atoms. The minimum atomic E-state index is -0.686. The van der Waals surface area contributed by atoms with Gasteiger partial charge in [0, 0.05) is 0 Å². The normalized spacial score (nSPS) is 11.6. The highest BCUT2D eigenvalue weighted by atomic mass is 16.5. The van der Waals surface area contributed by atoms with Crippen LogP contribution in [-0.2, 0) is 14.3 Å². The van der Waals surface area contributed by atoms with Crippen LogP contribution in [0.25, 0.3) is 0 Å². The van der Waals surface area contributed by atoms with Gasteiger partial charge in [0.25, 0.3) is 0 Å². The fourth-order valence-electron chi connectivity index (χ4n) is 1.10. The molecule has 1 amide bonds. The minimum Gasteiger partial charge on any atom is -0.467 e. The highest BCUT2D eigenvalue weighted by Gasteiger charge is 2.20. The Morgan fingerprint density at radius 1 is 1.60 bits per heavy atom. The molecule has 86 valence electrons. The van der Waals surface area contributed by atoms with Crippen LogP contribution in [0.3, 0.4) is 0 Å². The predicted molar refractivity (Wildman–Crippen MR) is 55.1 cm³/mol. The monoisotopic (exact) mass is 215 g/mol. The Morgan fingerprint density at radius 3 is 2.73 bits per heavy atom. The van der Waals surface area contributed by atoms with Gasteiger partial charge < -0.3 is 15.2 Å². The zero-order valence-corrected chi connectivity index (χ0v) is 8.86. The maximum atomic E-state index is 11.2. The molecule has 0 aliphatic heterocycles. The van der Waals surface area contributed by atoms with Crippen LogP contribution in [0.2, 0.25) is 0 Å². The Kier molecular flexibility index (Phi) is 7.27. The number of unbranched alkanes of at least 4 members (excludes halogenated alkanes) is 1. The van der Waals surface area contributed by atoms with Crippen LogP contribution in [0.1, 0.15) is 19.3 Å². The van der Waals surface area contributed by atoms with Crippen molar-refractivity contribution in [1.29, 1.82) is 0 Å². The van der Waals surface area contributed by atoms with Crippen molar-refractivity contribution in [2.45, 2.75) is 25.3 Å². The van der Waals surface area contributed by atoms with E-state index in [0.717, 1.165) is 12.8 Å². The molecule has 2 N–H and O–H groups in total. The number of amides is 1. The van der Waals surface area contributed by atoms with Crippen LogP contribution in [0.4, 0.5) is 0 Å². The summed E-state index contributed by atoms with van der Waals surface area (Å²) >= 11 is 0. The first-order chi connectivity index (χ1) is 7.15. The maximum Gasteiger partial charge on any atom is 0.328 e. The van der Waals surface area contributed by atoms with E-state index in [1.807, 2.05) is 0 Å². The molecule has 1 atom stereocenters. The lowest BCUT2D eigenvalue weighted by Crippen LogP contribution is -2.42. The fraction of sp³-hybridized carbons (Fsp3) is 0.600. The lowest BCUT2D eigenvalue weighted by atomic mass is 10.1. The third kappa shape index (κ3) is 5.85. The molecule has 0 radical (unpaired) electrons. The first kappa shape index (κ1) is 13.6. The van der Waals surface area contributed by atoms with Gasteiger partial charge in [-0.1, -0.05) is 6.08 Å². The molecule has 0 aliphatic rings. The van der Waals surface area contributed by atoms with E-state index in [1.165, 1.54) is 7.11 Å². The smallest absolute Gasteiger partial charge is 0.328 e. The number of ether oxygens (including phenoxy) is 1. The quantitative estimate of drug-likeness (QED) is 0.356. The number of esters is 1. The Balaban J connectivity index is 4.11. The number of carbonyl (C=O) groups excluding carboxylic acids is 2. The number of aliphatic hydroxyl groups excluding tert-OH is 1. The van der Waals surface area contributed by atoms with Crippen LogP contribution < -0.4 is 5.32 Å². The summed E-state index contributed by atoms with van der Waals surface area (Å²) in [5.41, 5.74) is 0. The topological polar surface area (TPSA) is 75.6 Å². The van der Waals surface area contributed by atoms with Crippen molar-refractivity contribution >= 4 is 11.9 Å². The third-order valence-corrected chi connectivity index (χ3v) is 1.87. The average molecular weight is 215 g/mol. The van der Waals surface area contributed by atoms with E-state index < -0.39 is 24.5 Å². The van der Waals surface area contributed by atoms with E-state index in [9.17, 15) is 9.59 Å². The van der Waals surface area contributed by atoms with Gasteiger partial charge in [0.1, 0.15) is 12.6 Å². The lowest BCUT2D eigenvalue weighted by Gasteiger charge is -2.15. The molecule has 0 heterocycles. The zero-order chi connectivity index (χ0) is 11.7. The van der Waals surface area contributed by atoms with Crippen LogP contribution in [0, 0.1) is 0 Å². The number of hydrogen-bond acceptors (Lipinski definition) is 4. The second-order valence-electron chi connectivity index (χ2n) is 3.02. The molecule has 0 aliphatic carbocycles. The summed E-state index contributed by atoms with van der Waals surface area (Å²) in [6.45, 7) is 2.93. The van der Waals surface area contributed by atoms with Crippen molar-refractivity contribution in [3.05, 3.63) is 12.7 Å². The average Bonchev–Trinajstić information content (AvgIpc) is 2.26. The van der Waals surface area contributed by atoms with E-state index in [1.54, 1.807) is 6.08 Å². The largest absolute Gasteiger partial charge is 0.467 e. The summed E-state index contributed by atoms with van der Waals surface area (Å²) in [6, 6.07) is -0.686. The molecular weight excluding hydrogens is 198 g/mol. The van der Waals surface area contributed by atoms with Gasteiger partial charge in [0.15, 0.2) is 0 Å². The van der Waals surface area contributed by atoms with Gasteiger partial charge in [0.2, 0.25) is 5.91 Å². The van der Waals surface area contributed by atoms with Crippen molar-refractivity contribution in [2.75, 3.05) is 13.7 Å². The van der Waals surface area contributed by atoms with Gasteiger partial charge in [-0.3, -0.25) is 4.79 Å². The molecule has 0 fully saturated rings. The van der Waals surface area contributed by atoms with Crippen LogP contribution >= 0.6 is 0 Å². The first-order valence-electron chi connectivity index (χ1n) is 4.74. The zero-order valence-electron chi connectivity index (χ0n) is 8.86. The predicted octanol–water partition coefficient (Wildman–Crippen LogP) is -0.00720. The summed E-state index contributed by atoms with van der Waals surface area (Å²) in [5.74, 6) is -1.08. The van der Waals surface area contributed by atoms with Crippen molar-refractivity contribution < 1.29 is 19.4 Å². The number of hydrogen-bond donors (Lipinski definition) is 2. The SMILES string of the molecule is C=CCCC[C@H](NC(=O)CO)C(=O)OC. The molecule has 0 unspecified atom stereocenters. The van der Waals surface area contributed by atoms with Crippen molar-refractivity contribution in [1.82, 2.24) is 5.32 Å². The second kappa shape index (κ2) is 7.99. The Morgan fingerprint density at radius 2 is 2.27 bits per heavy atom. The summed E-state index contributed by atoms with van der Waals surface area (Å²) < 4.78 is 4.53. The molecule has 5 nitrogen and oxygen atoms in total. The van der Waals surface area contributed by atoms with Gasteiger partial charge in [-0.05, 0) is 19.3 Å². The molecule has 0 aromatic rings. The van der Waals surface area contributed by atoms with Crippen LogP contribution in [0.5, 0.6) is 0 Å². The number of carbonyl (C=O) groups is 2. The molecule has 0 spiro atoms. The highest BCUT2D eigenvalue weighted by molar-refractivity contribution is 5.84. The molecular formula is C10H17NO4. The fourth-order valence-corrected chi connectivity index (χ4v) is 1.10. The summed E-state index contributed by atoms with van der Waals surface area (Å²) in [6.07, 6.45) is 3.71. The molecule has 15 heavy (non-hydrogen) atoms.